The van der Waals surface area contributed by atoms with Gasteiger partial charge in [-0.2, -0.15) is 5.26 Å². The second-order valence-electron chi connectivity index (χ2n) is 5.50. The highest BCUT2D eigenvalue weighted by Crippen LogP contribution is 2.34. The summed E-state index contributed by atoms with van der Waals surface area (Å²) >= 11 is 0. The second-order valence-corrected chi connectivity index (χ2v) is 5.50. The Balaban J connectivity index is 2.07. The lowest BCUT2D eigenvalue weighted by Crippen LogP contribution is -2.47. The highest BCUT2D eigenvalue weighted by atomic mass is 16.5. The van der Waals surface area contributed by atoms with Crippen molar-refractivity contribution in [3.63, 3.8) is 0 Å². The molecule has 1 aliphatic rings. The van der Waals surface area contributed by atoms with Crippen molar-refractivity contribution in [2.24, 2.45) is 0 Å². The van der Waals surface area contributed by atoms with Gasteiger partial charge in [-0.15, -0.1) is 0 Å². The van der Waals surface area contributed by atoms with Gasteiger partial charge in [0.15, 0.2) is 5.54 Å². The molecule has 3 amide bonds. The van der Waals surface area contributed by atoms with Crippen LogP contribution in [0, 0.1) is 11.3 Å². The minimum absolute atomic E-state index is 0.252. The van der Waals surface area contributed by atoms with Crippen molar-refractivity contribution in [2.75, 3.05) is 18.6 Å². The van der Waals surface area contributed by atoms with Gasteiger partial charge in [0.25, 0.3) is 5.91 Å². The highest BCUT2D eigenvalue weighted by Gasteiger charge is 2.52. The van der Waals surface area contributed by atoms with E-state index in [4.69, 9.17) is 10.00 Å². The second kappa shape index (κ2) is 6.26. The molecule has 25 heavy (non-hydrogen) atoms. The number of nitrogens with zero attached hydrogens (tertiary/aromatic N) is 2. The molecule has 1 aliphatic heterocycles. The molecule has 0 aliphatic carbocycles. The summed E-state index contributed by atoms with van der Waals surface area (Å²) in [7, 11) is 1.40. The van der Waals surface area contributed by atoms with Gasteiger partial charge in [-0.25, -0.2) is 9.69 Å². The number of benzene rings is 2. The first kappa shape index (κ1) is 16.5. The summed E-state index contributed by atoms with van der Waals surface area (Å²) in [5.41, 5.74) is -0.516. The van der Waals surface area contributed by atoms with Crippen LogP contribution in [0.15, 0.2) is 48.5 Å². The molecule has 0 spiro atoms. The third kappa shape index (κ3) is 2.49. The van der Waals surface area contributed by atoms with Crippen LogP contribution in [0.1, 0.15) is 11.1 Å². The number of aliphatic hydroxyl groups is 1. The molecule has 1 heterocycles. The molecule has 3 rings (SSSR count). The van der Waals surface area contributed by atoms with E-state index in [1.165, 1.54) is 25.3 Å². The quantitative estimate of drug-likeness (QED) is 0.823. The predicted octanol–water partition coefficient (Wildman–Crippen LogP) is 1.51. The van der Waals surface area contributed by atoms with Crippen molar-refractivity contribution in [3.05, 3.63) is 59.7 Å². The van der Waals surface area contributed by atoms with Gasteiger partial charge in [0.1, 0.15) is 11.8 Å². The molecule has 1 atom stereocenters. The van der Waals surface area contributed by atoms with E-state index in [1.54, 1.807) is 30.3 Å². The standard InChI is InChI=1S/C18H15N3O4/c1-25-15-9-14(8-7-12(15)10-19)21-16(23)18(11-22,20-17(21)24)13-5-3-2-4-6-13/h2-9,22H,11H2,1H3,(H,20,24). The number of urea groups is 1. The number of carbonyl (C=O) groups is 2. The molecule has 0 radical (unpaired) electrons. The van der Waals surface area contributed by atoms with Crippen molar-refractivity contribution in [3.8, 4) is 11.8 Å². The fourth-order valence-corrected chi connectivity index (χ4v) is 2.84. The molecule has 1 fully saturated rings. The maximum atomic E-state index is 13.0. The summed E-state index contributed by atoms with van der Waals surface area (Å²) in [6.45, 7) is -0.578. The van der Waals surface area contributed by atoms with Gasteiger partial charge in [0, 0.05) is 6.07 Å². The SMILES string of the molecule is COc1cc(N2C(=O)NC(CO)(c3ccccc3)C2=O)ccc1C#N. The molecule has 7 nitrogen and oxygen atoms in total. The lowest BCUT2D eigenvalue weighted by Gasteiger charge is -2.24. The van der Waals surface area contributed by atoms with Crippen molar-refractivity contribution in [2.45, 2.75) is 5.54 Å². The van der Waals surface area contributed by atoms with E-state index in [0.717, 1.165) is 4.90 Å². The van der Waals surface area contributed by atoms with Crippen LogP contribution in [-0.2, 0) is 10.3 Å². The molecule has 1 saturated heterocycles. The molecular weight excluding hydrogens is 322 g/mol. The number of ether oxygens (including phenoxy) is 1. The van der Waals surface area contributed by atoms with Crippen molar-refractivity contribution < 1.29 is 19.4 Å². The normalized spacial score (nSPS) is 19.5. The summed E-state index contributed by atoms with van der Waals surface area (Å²) in [5, 5.41) is 21.5. The van der Waals surface area contributed by atoms with E-state index < -0.39 is 24.1 Å². The topological polar surface area (TPSA) is 103 Å². The molecular formula is C18H15N3O4. The number of carbonyl (C=O) groups excluding carboxylic acids is 2. The number of nitriles is 1. The van der Waals surface area contributed by atoms with E-state index in [2.05, 4.69) is 5.32 Å². The number of nitrogens with one attached hydrogen (secondary N) is 1. The van der Waals surface area contributed by atoms with Gasteiger partial charge < -0.3 is 15.2 Å². The van der Waals surface area contributed by atoms with Crippen LogP contribution in [0.3, 0.4) is 0 Å². The first-order chi connectivity index (χ1) is 12.1. The van der Waals surface area contributed by atoms with Crippen LogP contribution in [-0.4, -0.2) is 30.8 Å². The number of hydrogen-bond donors (Lipinski definition) is 2. The Morgan fingerprint density at radius 1 is 1.24 bits per heavy atom. The maximum Gasteiger partial charge on any atom is 0.330 e. The zero-order valence-electron chi connectivity index (χ0n) is 13.4. The predicted molar refractivity (Wildman–Crippen MR) is 88.9 cm³/mol. The van der Waals surface area contributed by atoms with Crippen molar-refractivity contribution in [1.29, 1.82) is 5.26 Å². The van der Waals surface area contributed by atoms with Gasteiger partial charge in [0.05, 0.1) is 25.0 Å². The van der Waals surface area contributed by atoms with Crippen LogP contribution in [0.2, 0.25) is 0 Å². The molecule has 0 bridgehead atoms. The molecule has 126 valence electrons. The zero-order chi connectivity index (χ0) is 18.0. The monoisotopic (exact) mass is 337 g/mol. The number of imide groups is 1. The third-order valence-corrected chi connectivity index (χ3v) is 4.16. The summed E-state index contributed by atoms with van der Waals surface area (Å²) in [6, 6.07) is 14.3. The number of anilines is 1. The van der Waals surface area contributed by atoms with Gasteiger partial charge in [-0.1, -0.05) is 30.3 Å². The number of aliphatic hydroxyl groups excluding tert-OH is 1. The molecule has 1 unspecified atom stereocenters. The average Bonchev–Trinajstić information content (AvgIpc) is 2.92. The van der Waals surface area contributed by atoms with Gasteiger partial charge in [-0.3, -0.25) is 4.79 Å². The van der Waals surface area contributed by atoms with Gasteiger partial charge in [-0.05, 0) is 17.7 Å². The maximum absolute atomic E-state index is 13.0. The Bertz CT molecular complexity index is 876. The van der Waals surface area contributed by atoms with E-state index in [0.29, 0.717) is 5.56 Å². The summed E-state index contributed by atoms with van der Waals surface area (Å²) in [6.07, 6.45) is 0. The van der Waals surface area contributed by atoms with Crippen molar-refractivity contribution in [1.82, 2.24) is 5.32 Å². The smallest absolute Gasteiger partial charge is 0.330 e. The minimum atomic E-state index is -1.54. The number of rotatable bonds is 4. The zero-order valence-corrected chi connectivity index (χ0v) is 13.4. The van der Waals surface area contributed by atoms with Gasteiger partial charge in [0.2, 0.25) is 0 Å². The molecule has 0 saturated carbocycles. The Kier molecular flexibility index (Phi) is 4.13. The number of hydrogen-bond acceptors (Lipinski definition) is 5. The van der Waals surface area contributed by atoms with Crippen LogP contribution in [0.4, 0.5) is 10.5 Å². The summed E-state index contributed by atoms with van der Waals surface area (Å²) in [4.78, 5) is 26.4. The van der Waals surface area contributed by atoms with E-state index in [1.807, 2.05) is 6.07 Å². The summed E-state index contributed by atoms with van der Waals surface area (Å²) in [5.74, 6) is -0.347. The van der Waals surface area contributed by atoms with Crippen LogP contribution < -0.4 is 15.0 Å². The fourth-order valence-electron chi connectivity index (χ4n) is 2.84. The Hall–Kier alpha value is -3.37. The highest BCUT2D eigenvalue weighted by molar-refractivity contribution is 6.23. The van der Waals surface area contributed by atoms with Crippen LogP contribution in [0.5, 0.6) is 5.75 Å². The largest absolute Gasteiger partial charge is 0.495 e. The number of methoxy groups -OCH3 is 1. The molecule has 7 heteroatoms. The molecule has 2 aromatic rings. The van der Waals surface area contributed by atoms with E-state index in [9.17, 15) is 14.7 Å². The van der Waals surface area contributed by atoms with E-state index in [-0.39, 0.29) is 17.0 Å². The lowest BCUT2D eigenvalue weighted by atomic mass is 9.90. The molecule has 2 N–H and O–H groups in total. The Morgan fingerprint density at radius 2 is 1.96 bits per heavy atom. The van der Waals surface area contributed by atoms with Crippen molar-refractivity contribution >= 4 is 17.6 Å². The first-order valence-electron chi connectivity index (χ1n) is 7.48. The number of amides is 3. The van der Waals surface area contributed by atoms with Crippen LogP contribution in [0.25, 0.3) is 0 Å². The van der Waals surface area contributed by atoms with E-state index >= 15 is 0 Å². The Morgan fingerprint density at radius 3 is 2.56 bits per heavy atom. The Labute approximate surface area is 144 Å². The third-order valence-electron chi connectivity index (χ3n) is 4.16. The minimum Gasteiger partial charge on any atom is -0.495 e. The first-order valence-corrected chi connectivity index (χ1v) is 7.48. The van der Waals surface area contributed by atoms with Crippen LogP contribution >= 0.6 is 0 Å². The van der Waals surface area contributed by atoms with Gasteiger partial charge >= 0.3 is 6.03 Å². The summed E-state index contributed by atoms with van der Waals surface area (Å²) < 4.78 is 5.13. The fraction of sp³-hybridized carbons (Fsp3) is 0.167. The molecule has 2 aromatic carbocycles. The lowest BCUT2D eigenvalue weighted by molar-refractivity contribution is -0.123. The average molecular weight is 337 g/mol. The molecule has 0 aromatic heterocycles.